The number of alkyl halides is 4. The Hall–Kier alpha value is 0.0400. The Labute approximate surface area is 80.2 Å². The molecule has 0 radical (unpaired) electrons. The van der Waals surface area contributed by atoms with Gasteiger partial charge in [-0.1, -0.05) is 0 Å². The van der Waals surface area contributed by atoms with Crippen molar-refractivity contribution in [2.75, 3.05) is 6.61 Å². The second kappa shape index (κ2) is 4.51. The summed E-state index contributed by atoms with van der Waals surface area (Å²) >= 11 is 5.79. The van der Waals surface area contributed by atoms with Gasteiger partial charge in [-0.3, -0.25) is 0 Å². The van der Waals surface area contributed by atoms with Crippen LogP contribution in [-0.4, -0.2) is 24.3 Å². The number of hydrogen-bond acceptors (Lipinski definition) is 1. The van der Waals surface area contributed by atoms with Gasteiger partial charge in [-0.15, -0.1) is 11.6 Å². The predicted molar refractivity (Wildman–Crippen MR) is 43.9 cm³/mol. The monoisotopic (exact) mass is 216 g/mol. The lowest BCUT2D eigenvalue weighted by molar-refractivity contribution is -0.187. The summed E-state index contributed by atoms with van der Waals surface area (Å²) in [5, 5.41) is 0.116. The summed E-state index contributed by atoms with van der Waals surface area (Å²) in [6.45, 7) is -1.13. The Morgan fingerprint density at radius 1 is 1.15 bits per heavy atom. The summed E-state index contributed by atoms with van der Waals surface area (Å²) < 4.78 is 39.9. The third-order valence-electron chi connectivity index (χ3n) is 2.09. The molecule has 0 unspecified atom stereocenters. The number of rotatable bonds is 2. The van der Waals surface area contributed by atoms with Gasteiger partial charge in [-0.05, 0) is 25.7 Å². The van der Waals surface area contributed by atoms with Crippen LogP contribution in [0.5, 0.6) is 0 Å². The van der Waals surface area contributed by atoms with Crippen molar-refractivity contribution in [1.82, 2.24) is 0 Å². The van der Waals surface area contributed by atoms with Gasteiger partial charge in [-0.25, -0.2) is 0 Å². The van der Waals surface area contributed by atoms with E-state index in [0.717, 1.165) is 12.8 Å². The van der Waals surface area contributed by atoms with Crippen LogP contribution in [0.2, 0.25) is 0 Å². The average molecular weight is 217 g/mol. The lowest BCUT2D eigenvalue weighted by atomic mass is 9.97. The minimum Gasteiger partial charge on any atom is -0.369 e. The van der Waals surface area contributed by atoms with Gasteiger partial charge in [-0.2, -0.15) is 13.2 Å². The fraction of sp³-hybridized carbons (Fsp3) is 1.00. The van der Waals surface area contributed by atoms with E-state index < -0.39 is 12.8 Å². The van der Waals surface area contributed by atoms with Crippen LogP contribution in [-0.2, 0) is 4.74 Å². The van der Waals surface area contributed by atoms with Crippen LogP contribution in [0.4, 0.5) is 13.2 Å². The summed E-state index contributed by atoms with van der Waals surface area (Å²) in [6.07, 6.45) is -1.67. The van der Waals surface area contributed by atoms with Gasteiger partial charge in [0.05, 0.1) is 6.10 Å². The second-order valence-corrected chi connectivity index (χ2v) is 3.92. The number of hydrogen-bond donors (Lipinski definition) is 0. The van der Waals surface area contributed by atoms with Gasteiger partial charge in [0, 0.05) is 5.38 Å². The summed E-state index contributed by atoms with van der Waals surface area (Å²) in [5.41, 5.74) is 0. The molecule has 0 N–H and O–H groups in total. The molecule has 0 bridgehead atoms. The molecule has 0 heterocycles. The van der Waals surface area contributed by atoms with E-state index in [0.29, 0.717) is 12.8 Å². The van der Waals surface area contributed by atoms with Gasteiger partial charge in [0.25, 0.3) is 0 Å². The molecule has 1 aliphatic rings. The van der Waals surface area contributed by atoms with Crippen molar-refractivity contribution < 1.29 is 17.9 Å². The summed E-state index contributed by atoms with van der Waals surface area (Å²) in [7, 11) is 0. The molecule has 0 atom stereocenters. The molecule has 0 aromatic heterocycles. The van der Waals surface area contributed by atoms with E-state index in [2.05, 4.69) is 0 Å². The molecule has 0 amide bonds. The standard InChI is InChI=1S/C8H12ClF3O/c9-6-1-3-7(4-2-6)13-5-8(10,11)12/h6-7H,1-5H2. The second-order valence-electron chi connectivity index (χ2n) is 3.30. The van der Waals surface area contributed by atoms with Crippen LogP contribution in [0.1, 0.15) is 25.7 Å². The lowest BCUT2D eigenvalue weighted by Gasteiger charge is -2.25. The molecule has 0 saturated heterocycles. The summed E-state index contributed by atoms with van der Waals surface area (Å²) in [5.74, 6) is 0. The van der Waals surface area contributed by atoms with E-state index in [-0.39, 0.29) is 11.5 Å². The molecule has 78 valence electrons. The highest BCUT2D eigenvalue weighted by atomic mass is 35.5. The van der Waals surface area contributed by atoms with Crippen molar-refractivity contribution in [2.24, 2.45) is 0 Å². The molecule has 5 heteroatoms. The number of halogens is 4. The Morgan fingerprint density at radius 3 is 2.15 bits per heavy atom. The lowest BCUT2D eigenvalue weighted by Crippen LogP contribution is -2.27. The first-order valence-electron chi connectivity index (χ1n) is 4.30. The Bertz CT molecular complexity index is 152. The predicted octanol–water partition coefficient (Wildman–Crippen LogP) is 3.12. The van der Waals surface area contributed by atoms with Crippen molar-refractivity contribution >= 4 is 11.6 Å². The highest BCUT2D eigenvalue weighted by Crippen LogP contribution is 2.26. The third-order valence-corrected chi connectivity index (χ3v) is 2.52. The van der Waals surface area contributed by atoms with E-state index in [1.165, 1.54) is 0 Å². The maximum absolute atomic E-state index is 11.7. The molecule has 1 nitrogen and oxygen atoms in total. The van der Waals surface area contributed by atoms with E-state index in [4.69, 9.17) is 16.3 Å². The molecule has 0 aromatic carbocycles. The Balaban J connectivity index is 2.16. The van der Waals surface area contributed by atoms with Crippen LogP contribution >= 0.6 is 11.6 Å². The van der Waals surface area contributed by atoms with Gasteiger partial charge in [0.15, 0.2) is 0 Å². The van der Waals surface area contributed by atoms with Crippen molar-refractivity contribution in [3.63, 3.8) is 0 Å². The molecule has 0 spiro atoms. The SMILES string of the molecule is FC(F)(F)COC1CCC(Cl)CC1. The molecule has 1 saturated carbocycles. The van der Waals surface area contributed by atoms with Gasteiger partial charge >= 0.3 is 6.18 Å². The maximum atomic E-state index is 11.7. The normalized spacial score (nSPS) is 30.5. The van der Waals surface area contributed by atoms with Crippen LogP contribution in [0.25, 0.3) is 0 Å². The maximum Gasteiger partial charge on any atom is 0.411 e. The first-order valence-corrected chi connectivity index (χ1v) is 4.73. The van der Waals surface area contributed by atoms with Gasteiger partial charge in [0.1, 0.15) is 6.61 Å². The van der Waals surface area contributed by atoms with Crippen LogP contribution in [0, 0.1) is 0 Å². The van der Waals surface area contributed by atoms with Crippen LogP contribution < -0.4 is 0 Å². The summed E-state index contributed by atoms with van der Waals surface area (Å²) in [6, 6.07) is 0. The third kappa shape index (κ3) is 4.72. The molecule has 0 aliphatic heterocycles. The quantitative estimate of drug-likeness (QED) is 0.645. The van der Waals surface area contributed by atoms with Gasteiger partial charge in [0.2, 0.25) is 0 Å². The Kier molecular flexibility index (Phi) is 3.86. The van der Waals surface area contributed by atoms with Gasteiger partial charge < -0.3 is 4.74 Å². The van der Waals surface area contributed by atoms with E-state index in [1.807, 2.05) is 0 Å². The fourth-order valence-corrected chi connectivity index (χ4v) is 1.65. The molecule has 1 rings (SSSR count). The minimum absolute atomic E-state index is 0.116. The fourth-order valence-electron chi connectivity index (χ4n) is 1.40. The molecular weight excluding hydrogens is 205 g/mol. The van der Waals surface area contributed by atoms with E-state index >= 15 is 0 Å². The minimum atomic E-state index is -4.21. The van der Waals surface area contributed by atoms with Crippen LogP contribution in [0.3, 0.4) is 0 Å². The molecule has 1 fully saturated rings. The van der Waals surface area contributed by atoms with E-state index in [9.17, 15) is 13.2 Å². The summed E-state index contributed by atoms with van der Waals surface area (Å²) in [4.78, 5) is 0. The zero-order valence-electron chi connectivity index (χ0n) is 7.11. The average Bonchev–Trinajstić information content (AvgIpc) is 2.02. The molecule has 0 aromatic rings. The van der Waals surface area contributed by atoms with Crippen molar-refractivity contribution in [1.29, 1.82) is 0 Å². The molecular formula is C8H12ClF3O. The first kappa shape index (κ1) is 11.1. The highest BCUT2D eigenvalue weighted by molar-refractivity contribution is 6.20. The molecule has 13 heavy (non-hydrogen) atoms. The number of ether oxygens (including phenoxy) is 1. The first-order chi connectivity index (χ1) is 5.97. The zero-order valence-corrected chi connectivity index (χ0v) is 7.87. The van der Waals surface area contributed by atoms with Crippen molar-refractivity contribution in [2.45, 2.75) is 43.3 Å². The van der Waals surface area contributed by atoms with Crippen LogP contribution in [0.15, 0.2) is 0 Å². The van der Waals surface area contributed by atoms with Crippen molar-refractivity contribution in [3.8, 4) is 0 Å². The van der Waals surface area contributed by atoms with Crippen molar-refractivity contribution in [3.05, 3.63) is 0 Å². The van der Waals surface area contributed by atoms with E-state index in [1.54, 1.807) is 0 Å². The molecule has 1 aliphatic carbocycles. The largest absolute Gasteiger partial charge is 0.411 e. The topological polar surface area (TPSA) is 9.23 Å². The smallest absolute Gasteiger partial charge is 0.369 e. The zero-order chi connectivity index (χ0) is 9.90. The highest BCUT2D eigenvalue weighted by Gasteiger charge is 2.30. The Morgan fingerprint density at radius 2 is 1.69 bits per heavy atom.